The smallest absolute Gasteiger partial charge is 0.338 e. The molecule has 6 nitrogen and oxygen atoms in total. The Labute approximate surface area is 178 Å². The van der Waals surface area contributed by atoms with Crippen LogP contribution in [-0.4, -0.2) is 36.5 Å². The van der Waals surface area contributed by atoms with Crippen LogP contribution in [0.2, 0.25) is 0 Å². The summed E-state index contributed by atoms with van der Waals surface area (Å²) in [5.74, 6) is -0.0581. The van der Waals surface area contributed by atoms with Crippen molar-refractivity contribution in [2.24, 2.45) is 17.3 Å². The molecule has 29 heavy (non-hydrogen) atoms. The van der Waals surface area contributed by atoms with Gasteiger partial charge in [0, 0.05) is 4.32 Å². The minimum absolute atomic E-state index is 0.0181. The number of ether oxygens (including phenoxy) is 3. The molecule has 2 unspecified atom stereocenters. The van der Waals surface area contributed by atoms with Crippen molar-refractivity contribution in [1.82, 2.24) is 0 Å². The van der Waals surface area contributed by atoms with Gasteiger partial charge in [-0.05, 0) is 74.0 Å². The highest BCUT2D eigenvalue weighted by Gasteiger charge is 2.57. The van der Waals surface area contributed by atoms with Crippen molar-refractivity contribution < 1.29 is 28.6 Å². The molecule has 0 aliphatic heterocycles. The fourth-order valence-corrected chi connectivity index (χ4v) is 7.66. The van der Waals surface area contributed by atoms with Crippen LogP contribution in [0.1, 0.15) is 65.7 Å². The summed E-state index contributed by atoms with van der Waals surface area (Å²) in [6.07, 6.45) is 7.16. The fourth-order valence-electron chi connectivity index (χ4n) is 6.15. The predicted octanol–water partition coefficient (Wildman–Crippen LogP) is 4.29. The number of alkyl halides is 1. The fraction of sp³-hybridized carbons (Fsp3) is 0.591. The van der Waals surface area contributed by atoms with Gasteiger partial charge < -0.3 is 14.2 Å². The van der Waals surface area contributed by atoms with Crippen molar-refractivity contribution in [3.63, 3.8) is 0 Å². The quantitative estimate of drug-likeness (QED) is 0.367. The van der Waals surface area contributed by atoms with Crippen LogP contribution in [0.15, 0.2) is 18.2 Å². The van der Waals surface area contributed by atoms with E-state index in [4.69, 9.17) is 14.2 Å². The summed E-state index contributed by atoms with van der Waals surface area (Å²) in [5, 5.41) is 0. The van der Waals surface area contributed by atoms with Crippen LogP contribution in [0, 0.1) is 17.3 Å². The van der Waals surface area contributed by atoms with Gasteiger partial charge in [-0.25, -0.2) is 9.59 Å². The van der Waals surface area contributed by atoms with E-state index in [1.165, 1.54) is 51.7 Å². The summed E-state index contributed by atoms with van der Waals surface area (Å²) in [5.41, 5.74) is 0.246. The maximum atomic E-state index is 12.8. The van der Waals surface area contributed by atoms with Gasteiger partial charge in [0.15, 0.2) is 0 Å². The van der Waals surface area contributed by atoms with Crippen LogP contribution in [0.3, 0.4) is 0 Å². The number of rotatable bonds is 5. The number of esters is 3. The maximum absolute atomic E-state index is 12.8. The summed E-state index contributed by atoms with van der Waals surface area (Å²) >= 11 is 3.96. The lowest BCUT2D eigenvalue weighted by Crippen LogP contribution is -2.53. The molecule has 0 aromatic heterocycles. The summed E-state index contributed by atoms with van der Waals surface area (Å²) in [6.45, 7) is 0. The Morgan fingerprint density at radius 1 is 0.966 bits per heavy atom. The van der Waals surface area contributed by atoms with Gasteiger partial charge in [0.1, 0.15) is 5.75 Å². The van der Waals surface area contributed by atoms with E-state index in [0.29, 0.717) is 18.3 Å². The molecule has 1 aromatic carbocycles. The molecule has 0 spiro atoms. The normalized spacial score (nSPS) is 32.0. The molecule has 4 aliphatic carbocycles. The summed E-state index contributed by atoms with van der Waals surface area (Å²) in [4.78, 5) is 36.7. The Kier molecular flexibility index (Phi) is 5.21. The molecule has 1 aromatic rings. The standard InChI is InChI=1S/C22H25BrO6/c1-27-19(25)15-4-16(20(26)28-2)6-17(5-15)29-18(24)11-21-7-13-3-14(8-21)10-22(23,9-13)12-21/h4-6,13-14H,3,7-12H2,1-2H3/t13-,14+,21?,22?. The molecule has 7 heteroatoms. The van der Waals surface area contributed by atoms with Crippen molar-refractivity contribution in [1.29, 1.82) is 0 Å². The third-order valence-corrected chi connectivity index (χ3v) is 7.54. The van der Waals surface area contributed by atoms with E-state index in [0.717, 1.165) is 19.3 Å². The second-order valence-corrected chi connectivity index (χ2v) is 10.7. The average molecular weight is 465 g/mol. The van der Waals surface area contributed by atoms with Gasteiger partial charge in [0.05, 0.1) is 31.8 Å². The molecule has 0 radical (unpaired) electrons. The highest BCUT2D eigenvalue weighted by molar-refractivity contribution is 9.10. The van der Waals surface area contributed by atoms with E-state index < -0.39 is 11.9 Å². The third kappa shape index (κ3) is 4.06. The van der Waals surface area contributed by atoms with Gasteiger partial charge >= 0.3 is 17.9 Å². The van der Waals surface area contributed by atoms with Gasteiger partial charge in [0.2, 0.25) is 0 Å². The average Bonchev–Trinajstić information content (AvgIpc) is 2.63. The predicted molar refractivity (Wildman–Crippen MR) is 108 cm³/mol. The molecule has 4 bridgehead atoms. The second-order valence-electron chi connectivity index (χ2n) is 8.99. The lowest BCUT2D eigenvalue weighted by atomic mass is 9.49. The molecule has 0 heterocycles. The number of carbonyl (C=O) groups excluding carboxylic acids is 3. The Bertz CT molecular complexity index is 815. The van der Waals surface area contributed by atoms with E-state index >= 15 is 0 Å². The SMILES string of the molecule is COC(=O)c1cc(OC(=O)CC23C[C@@H]4C[C@@H](CC(Br)(C4)C2)C3)cc(C(=O)OC)c1. The van der Waals surface area contributed by atoms with Crippen molar-refractivity contribution in [3.8, 4) is 5.75 Å². The molecule has 4 saturated carbocycles. The van der Waals surface area contributed by atoms with Crippen LogP contribution in [-0.2, 0) is 14.3 Å². The van der Waals surface area contributed by atoms with E-state index in [9.17, 15) is 14.4 Å². The Morgan fingerprint density at radius 3 is 2.00 bits per heavy atom. The molecule has 0 amide bonds. The molecule has 0 N–H and O–H groups in total. The molecular weight excluding hydrogens is 440 g/mol. The number of hydrogen-bond acceptors (Lipinski definition) is 6. The van der Waals surface area contributed by atoms with E-state index in [1.54, 1.807) is 0 Å². The zero-order chi connectivity index (χ0) is 20.8. The third-order valence-electron chi connectivity index (χ3n) is 6.61. The van der Waals surface area contributed by atoms with E-state index in [1.807, 2.05) is 0 Å². The van der Waals surface area contributed by atoms with Crippen LogP contribution >= 0.6 is 15.9 Å². The number of carbonyl (C=O) groups is 3. The number of halogens is 1. The lowest BCUT2D eigenvalue weighted by Gasteiger charge is -2.60. The minimum atomic E-state index is -0.615. The zero-order valence-electron chi connectivity index (χ0n) is 16.7. The summed E-state index contributed by atoms with van der Waals surface area (Å²) in [6, 6.07) is 4.20. The van der Waals surface area contributed by atoms with Crippen molar-refractivity contribution in [3.05, 3.63) is 29.3 Å². The first-order valence-electron chi connectivity index (χ1n) is 9.94. The molecular formula is C22H25BrO6. The van der Waals surface area contributed by atoms with Crippen LogP contribution < -0.4 is 4.74 Å². The first-order chi connectivity index (χ1) is 13.7. The highest BCUT2D eigenvalue weighted by Crippen LogP contribution is 2.65. The van der Waals surface area contributed by atoms with Gasteiger partial charge in [-0.1, -0.05) is 15.9 Å². The minimum Gasteiger partial charge on any atom is -0.465 e. The monoisotopic (exact) mass is 464 g/mol. The first kappa shape index (κ1) is 20.4. The second kappa shape index (κ2) is 7.42. The van der Waals surface area contributed by atoms with Crippen molar-refractivity contribution >= 4 is 33.8 Å². The molecule has 5 rings (SSSR count). The van der Waals surface area contributed by atoms with Gasteiger partial charge in [-0.2, -0.15) is 0 Å². The molecule has 4 atom stereocenters. The summed E-state index contributed by atoms with van der Waals surface area (Å²) in [7, 11) is 2.50. The Morgan fingerprint density at radius 2 is 1.52 bits per heavy atom. The van der Waals surface area contributed by atoms with Crippen LogP contribution in [0.4, 0.5) is 0 Å². The highest BCUT2D eigenvalue weighted by atomic mass is 79.9. The van der Waals surface area contributed by atoms with Crippen molar-refractivity contribution in [2.75, 3.05) is 14.2 Å². The molecule has 4 fully saturated rings. The largest absolute Gasteiger partial charge is 0.465 e. The number of hydrogen-bond donors (Lipinski definition) is 0. The van der Waals surface area contributed by atoms with E-state index in [2.05, 4.69) is 15.9 Å². The topological polar surface area (TPSA) is 78.9 Å². The van der Waals surface area contributed by atoms with E-state index in [-0.39, 0.29) is 32.6 Å². The lowest BCUT2D eigenvalue weighted by molar-refractivity contribution is -0.141. The maximum Gasteiger partial charge on any atom is 0.338 e. The van der Waals surface area contributed by atoms with Crippen LogP contribution in [0.5, 0.6) is 5.75 Å². The Balaban J connectivity index is 1.52. The Hall–Kier alpha value is -1.89. The van der Waals surface area contributed by atoms with Gasteiger partial charge in [-0.3, -0.25) is 4.79 Å². The number of methoxy groups -OCH3 is 2. The molecule has 0 saturated heterocycles. The van der Waals surface area contributed by atoms with Crippen LogP contribution in [0.25, 0.3) is 0 Å². The number of benzene rings is 1. The summed E-state index contributed by atoms with van der Waals surface area (Å²) < 4.78 is 15.2. The van der Waals surface area contributed by atoms with Gasteiger partial charge in [-0.15, -0.1) is 0 Å². The molecule has 156 valence electrons. The first-order valence-corrected chi connectivity index (χ1v) is 10.7. The zero-order valence-corrected chi connectivity index (χ0v) is 18.2. The van der Waals surface area contributed by atoms with Gasteiger partial charge in [0.25, 0.3) is 0 Å². The molecule has 4 aliphatic rings. The van der Waals surface area contributed by atoms with Crippen molar-refractivity contribution in [2.45, 2.75) is 49.3 Å².